The van der Waals surface area contributed by atoms with Gasteiger partial charge in [-0.2, -0.15) is 5.26 Å². The Hall–Kier alpha value is -1.37. The van der Waals surface area contributed by atoms with Gasteiger partial charge in [0.25, 0.3) is 0 Å². The van der Waals surface area contributed by atoms with E-state index in [0.717, 1.165) is 38.9 Å². The molecule has 1 saturated heterocycles. The highest BCUT2D eigenvalue weighted by molar-refractivity contribution is 5.37. The van der Waals surface area contributed by atoms with E-state index >= 15 is 0 Å². The highest BCUT2D eigenvalue weighted by Crippen LogP contribution is 2.72. The molecule has 1 heterocycles. The van der Waals surface area contributed by atoms with Crippen LogP contribution in [0.25, 0.3) is 0 Å². The van der Waals surface area contributed by atoms with Gasteiger partial charge in [-0.3, -0.25) is 0 Å². The number of benzene rings is 1. The molecule has 2 saturated carbocycles. The number of ether oxygens (including phenoxy) is 2. The van der Waals surface area contributed by atoms with Crippen LogP contribution in [0.2, 0.25) is 0 Å². The molecule has 20 heavy (non-hydrogen) atoms. The van der Waals surface area contributed by atoms with Gasteiger partial charge in [0.1, 0.15) is 0 Å². The molecule has 3 nitrogen and oxygen atoms in total. The molecule has 0 bridgehead atoms. The lowest BCUT2D eigenvalue weighted by atomic mass is 9.79. The molecule has 3 aliphatic rings. The topological polar surface area (TPSA) is 42.2 Å². The molecule has 1 aromatic carbocycles. The van der Waals surface area contributed by atoms with Crippen LogP contribution in [0.3, 0.4) is 0 Å². The van der Waals surface area contributed by atoms with Gasteiger partial charge < -0.3 is 9.47 Å². The summed E-state index contributed by atoms with van der Waals surface area (Å²) in [6.07, 6.45) is 3.97. The van der Waals surface area contributed by atoms with Crippen LogP contribution in [-0.2, 0) is 9.47 Å². The number of hydrogen-bond donors (Lipinski definition) is 0. The summed E-state index contributed by atoms with van der Waals surface area (Å²) in [6.45, 7) is 1.44. The van der Waals surface area contributed by atoms with Crippen LogP contribution >= 0.6 is 0 Å². The Morgan fingerprint density at radius 1 is 1.00 bits per heavy atom. The van der Waals surface area contributed by atoms with Gasteiger partial charge in [0.2, 0.25) is 0 Å². The number of hydrogen-bond acceptors (Lipinski definition) is 3. The molecule has 0 unspecified atom stereocenters. The summed E-state index contributed by atoms with van der Waals surface area (Å²) in [7, 11) is 0. The third-order valence-electron chi connectivity index (χ3n) is 5.52. The van der Waals surface area contributed by atoms with Crippen molar-refractivity contribution in [3.63, 3.8) is 0 Å². The molecule has 0 amide bonds. The second kappa shape index (κ2) is 4.31. The van der Waals surface area contributed by atoms with Crippen LogP contribution in [0.5, 0.6) is 0 Å². The minimum absolute atomic E-state index is 0.170. The Balaban J connectivity index is 1.56. The Bertz CT molecular complexity index is 532. The average Bonchev–Trinajstić information content (AvgIpc) is 2.89. The van der Waals surface area contributed by atoms with Crippen LogP contribution < -0.4 is 0 Å². The van der Waals surface area contributed by atoms with E-state index in [4.69, 9.17) is 9.47 Å². The lowest BCUT2D eigenvalue weighted by molar-refractivity contribution is -0.185. The predicted molar refractivity (Wildman–Crippen MR) is 73.8 cm³/mol. The van der Waals surface area contributed by atoms with Crippen molar-refractivity contribution in [1.29, 1.82) is 5.26 Å². The normalized spacial score (nSPS) is 33.1. The molecule has 3 heteroatoms. The van der Waals surface area contributed by atoms with Crippen LogP contribution in [0.1, 0.15) is 37.2 Å². The van der Waals surface area contributed by atoms with Crippen molar-refractivity contribution in [3.05, 3.63) is 35.9 Å². The number of rotatable bonds is 1. The van der Waals surface area contributed by atoms with Gasteiger partial charge in [-0.25, -0.2) is 0 Å². The number of nitrogens with zero attached hydrogens (tertiary/aromatic N) is 1. The summed E-state index contributed by atoms with van der Waals surface area (Å²) in [5.41, 5.74) is 1.50. The average molecular weight is 269 g/mol. The molecule has 1 aromatic rings. The first kappa shape index (κ1) is 12.4. The maximum absolute atomic E-state index is 9.50. The zero-order valence-corrected chi connectivity index (χ0v) is 11.5. The standard InChI is InChI=1S/C17H19NO2/c18-12-14-15(13-4-2-1-3-5-13)16(14)6-8-17(9-7-16)19-10-11-20-17/h1-5,14-15H,6-11H2/t14-,15-/m0/s1. The zero-order valence-electron chi connectivity index (χ0n) is 11.5. The summed E-state index contributed by atoms with van der Waals surface area (Å²) in [6, 6.07) is 13.1. The van der Waals surface area contributed by atoms with Gasteiger partial charge in [0.05, 0.1) is 25.2 Å². The van der Waals surface area contributed by atoms with E-state index in [9.17, 15) is 5.26 Å². The van der Waals surface area contributed by atoms with Crippen LogP contribution in [0.15, 0.2) is 30.3 Å². The van der Waals surface area contributed by atoms with Crippen molar-refractivity contribution in [2.24, 2.45) is 11.3 Å². The lowest BCUT2D eigenvalue weighted by Crippen LogP contribution is -2.36. The Kier molecular flexibility index (Phi) is 2.67. The summed E-state index contributed by atoms with van der Waals surface area (Å²) in [4.78, 5) is 0. The third kappa shape index (κ3) is 1.65. The highest BCUT2D eigenvalue weighted by Gasteiger charge is 2.67. The molecule has 0 aromatic heterocycles. The summed E-state index contributed by atoms with van der Waals surface area (Å²) < 4.78 is 11.6. The van der Waals surface area contributed by atoms with E-state index in [0.29, 0.717) is 5.92 Å². The van der Waals surface area contributed by atoms with Crippen molar-refractivity contribution >= 4 is 0 Å². The molecule has 2 spiro atoms. The Labute approximate surface area is 119 Å². The third-order valence-corrected chi connectivity index (χ3v) is 5.52. The molecular weight excluding hydrogens is 250 g/mol. The first-order valence-electron chi connectivity index (χ1n) is 7.52. The van der Waals surface area contributed by atoms with Gasteiger partial charge in [-0.15, -0.1) is 0 Å². The van der Waals surface area contributed by atoms with E-state index in [2.05, 4.69) is 30.3 Å². The fourth-order valence-corrected chi connectivity index (χ4v) is 4.38. The molecule has 1 aliphatic heterocycles. The first-order valence-corrected chi connectivity index (χ1v) is 7.52. The van der Waals surface area contributed by atoms with Crippen molar-refractivity contribution < 1.29 is 9.47 Å². The predicted octanol–water partition coefficient (Wildman–Crippen LogP) is 3.23. The quantitative estimate of drug-likeness (QED) is 0.786. The van der Waals surface area contributed by atoms with Gasteiger partial charge in [-0.05, 0) is 23.8 Å². The summed E-state index contributed by atoms with van der Waals surface area (Å²) in [5, 5.41) is 9.50. The molecule has 4 rings (SSSR count). The van der Waals surface area contributed by atoms with E-state index in [1.807, 2.05) is 6.07 Å². The van der Waals surface area contributed by atoms with Crippen LogP contribution in [0.4, 0.5) is 0 Å². The Morgan fingerprint density at radius 3 is 2.25 bits per heavy atom. The minimum Gasteiger partial charge on any atom is -0.348 e. The van der Waals surface area contributed by atoms with Crippen molar-refractivity contribution in [2.75, 3.05) is 13.2 Å². The van der Waals surface area contributed by atoms with Gasteiger partial charge in [0, 0.05) is 18.8 Å². The van der Waals surface area contributed by atoms with E-state index in [1.165, 1.54) is 5.56 Å². The van der Waals surface area contributed by atoms with Crippen molar-refractivity contribution in [3.8, 4) is 6.07 Å². The lowest BCUT2D eigenvalue weighted by Gasteiger charge is -2.36. The van der Waals surface area contributed by atoms with E-state index in [1.54, 1.807) is 0 Å². The fraction of sp³-hybridized carbons (Fsp3) is 0.588. The molecule has 104 valence electrons. The second-order valence-corrected chi connectivity index (χ2v) is 6.34. The molecule has 0 radical (unpaired) electrons. The summed E-state index contributed by atoms with van der Waals surface area (Å²) >= 11 is 0. The molecule has 2 atom stereocenters. The maximum atomic E-state index is 9.50. The molecule has 2 aliphatic carbocycles. The first-order chi connectivity index (χ1) is 9.80. The van der Waals surface area contributed by atoms with Crippen molar-refractivity contribution in [2.45, 2.75) is 37.4 Å². The maximum Gasteiger partial charge on any atom is 0.168 e. The zero-order chi connectivity index (χ0) is 13.6. The molecular formula is C17H19NO2. The highest BCUT2D eigenvalue weighted by atomic mass is 16.7. The van der Waals surface area contributed by atoms with E-state index < -0.39 is 0 Å². The molecule has 0 N–H and O–H groups in total. The fourth-order valence-electron chi connectivity index (χ4n) is 4.38. The molecule has 3 fully saturated rings. The Morgan fingerprint density at radius 2 is 1.65 bits per heavy atom. The van der Waals surface area contributed by atoms with Crippen molar-refractivity contribution in [1.82, 2.24) is 0 Å². The van der Waals surface area contributed by atoms with Crippen LogP contribution in [0, 0.1) is 22.7 Å². The SMILES string of the molecule is N#C[C@H]1[C@H](c2ccccc2)C12CCC1(CC2)OCCO1. The van der Waals surface area contributed by atoms with Gasteiger partial charge >= 0.3 is 0 Å². The smallest absolute Gasteiger partial charge is 0.168 e. The minimum atomic E-state index is -0.324. The van der Waals surface area contributed by atoms with Gasteiger partial charge in [0.15, 0.2) is 5.79 Å². The largest absolute Gasteiger partial charge is 0.348 e. The number of nitriles is 1. The van der Waals surface area contributed by atoms with Crippen LogP contribution in [-0.4, -0.2) is 19.0 Å². The monoisotopic (exact) mass is 269 g/mol. The van der Waals surface area contributed by atoms with Gasteiger partial charge in [-0.1, -0.05) is 30.3 Å². The second-order valence-electron chi connectivity index (χ2n) is 6.34. The van der Waals surface area contributed by atoms with E-state index in [-0.39, 0.29) is 17.1 Å². The summed E-state index contributed by atoms with van der Waals surface area (Å²) in [5.74, 6) is 0.255.